The Morgan fingerprint density at radius 1 is 1.57 bits per heavy atom. The SMILES string of the molecule is CCC1CC1N1C(=O)C2(CC2)NC1C. The molecule has 1 aliphatic heterocycles. The summed E-state index contributed by atoms with van der Waals surface area (Å²) in [5.74, 6) is 1.16. The van der Waals surface area contributed by atoms with Crippen LogP contribution in [0.25, 0.3) is 0 Å². The maximum absolute atomic E-state index is 12.1. The fraction of sp³-hybridized carbons (Fsp3) is 0.909. The summed E-state index contributed by atoms with van der Waals surface area (Å²) in [5.41, 5.74) is -0.111. The van der Waals surface area contributed by atoms with Crippen molar-refractivity contribution in [2.75, 3.05) is 0 Å². The van der Waals surface area contributed by atoms with Crippen molar-refractivity contribution in [2.45, 2.75) is 57.3 Å². The molecule has 3 fully saturated rings. The van der Waals surface area contributed by atoms with Gasteiger partial charge < -0.3 is 4.90 Å². The van der Waals surface area contributed by atoms with E-state index in [4.69, 9.17) is 0 Å². The Hall–Kier alpha value is -0.570. The summed E-state index contributed by atoms with van der Waals surface area (Å²) in [6, 6.07) is 0.551. The van der Waals surface area contributed by atoms with E-state index >= 15 is 0 Å². The van der Waals surface area contributed by atoms with Crippen molar-refractivity contribution in [3.63, 3.8) is 0 Å². The number of hydrogen-bond acceptors (Lipinski definition) is 2. The molecule has 1 amide bonds. The molecule has 0 aromatic heterocycles. The standard InChI is InChI=1S/C11H18N2O/c1-3-8-6-9(8)13-7(2)12-11(4-5-11)10(13)14/h7-9,12H,3-6H2,1-2H3. The fourth-order valence-electron chi connectivity index (χ4n) is 2.89. The Labute approximate surface area is 84.8 Å². The molecule has 1 spiro atoms. The van der Waals surface area contributed by atoms with Crippen molar-refractivity contribution >= 4 is 5.91 Å². The summed E-state index contributed by atoms with van der Waals surface area (Å²) in [6.45, 7) is 4.34. The van der Waals surface area contributed by atoms with Crippen LogP contribution in [0.15, 0.2) is 0 Å². The summed E-state index contributed by atoms with van der Waals surface area (Å²) in [7, 11) is 0. The van der Waals surface area contributed by atoms with Gasteiger partial charge in [0.1, 0.15) is 0 Å². The summed E-state index contributed by atoms with van der Waals surface area (Å²) in [6.07, 6.45) is 4.82. The summed E-state index contributed by atoms with van der Waals surface area (Å²) in [4.78, 5) is 14.2. The van der Waals surface area contributed by atoms with E-state index in [0.29, 0.717) is 11.9 Å². The molecule has 1 saturated heterocycles. The maximum atomic E-state index is 12.1. The first-order valence-electron chi connectivity index (χ1n) is 5.78. The summed E-state index contributed by atoms with van der Waals surface area (Å²) < 4.78 is 0. The van der Waals surface area contributed by atoms with Crippen LogP contribution in [0.5, 0.6) is 0 Å². The van der Waals surface area contributed by atoms with E-state index in [0.717, 1.165) is 18.8 Å². The van der Waals surface area contributed by atoms with Gasteiger partial charge in [-0.1, -0.05) is 13.3 Å². The third-order valence-electron chi connectivity index (χ3n) is 4.06. The molecule has 1 N–H and O–H groups in total. The molecule has 0 bridgehead atoms. The Bertz CT molecular complexity index is 285. The Morgan fingerprint density at radius 3 is 2.71 bits per heavy atom. The largest absolute Gasteiger partial charge is 0.323 e. The van der Waals surface area contributed by atoms with Gasteiger partial charge in [0.05, 0.1) is 11.7 Å². The molecular weight excluding hydrogens is 176 g/mol. The van der Waals surface area contributed by atoms with Gasteiger partial charge in [-0.3, -0.25) is 10.1 Å². The molecule has 1 heterocycles. The number of carbonyl (C=O) groups is 1. The molecule has 0 aromatic rings. The zero-order chi connectivity index (χ0) is 9.92. The van der Waals surface area contributed by atoms with Crippen molar-refractivity contribution in [2.24, 2.45) is 5.92 Å². The Morgan fingerprint density at radius 2 is 2.29 bits per heavy atom. The third-order valence-corrected chi connectivity index (χ3v) is 4.06. The van der Waals surface area contributed by atoms with Crippen LogP contribution in [-0.4, -0.2) is 28.6 Å². The Kier molecular flexibility index (Phi) is 1.56. The molecule has 3 aliphatic rings. The van der Waals surface area contributed by atoms with Crippen molar-refractivity contribution in [3.8, 4) is 0 Å². The average molecular weight is 194 g/mol. The van der Waals surface area contributed by atoms with Gasteiger partial charge in [0.2, 0.25) is 5.91 Å². The number of nitrogens with one attached hydrogen (secondary N) is 1. The van der Waals surface area contributed by atoms with Crippen molar-refractivity contribution < 1.29 is 4.79 Å². The molecule has 0 radical (unpaired) electrons. The van der Waals surface area contributed by atoms with E-state index in [1.807, 2.05) is 0 Å². The molecule has 2 aliphatic carbocycles. The molecule has 2 saturated carbocycles. The molecular formula is C11H18N2O. The lowest BCUT2D eigenvalue weighted by atomic mass is 10.2. The topological polar surface area (TPSA) is 32.3 Å². The molecule has 3 heteroatoms. The quantitative estimate of drug-likeness (QED) is 0.714. The average Bonchev–Trinajstić information content (AvgIpc) is 3.00. The first-order chi connectivity index (χ1) is 6.68. The number of hydrogen-bond donors (Lipinski definition) is 1. The summed E-state index contributed by atoms with van der Waals surface area (Å²) in [5, 5.41) is 3.45. The molecule has 3 rings (SSSR count). The highest BCUT2D eigenvalue weighted by molar-refractivity contribution is 5.92. The van der Waals surface area contributed by atoms with Gasteiger partial charge in [0.25, 0.3) is 0 Å². The van der Waals surface area contributed by atoms with Crippen LogP contribution in [0.4, 0.5) is 0 Å². The fourth-order valence-corrected chi connectivity index (χ4v) is 2.89. The minimum Gasteiger partial charge on any atom is -0.323 e. The van der Waals surface area contributed by atoms with Gasteiger partial charge >= 0.3 is 0 Å². The van der Waals surface area contributed by atoms with E-state index in [2.05, 4.69) is 24.1 Å². The van der Waals surface area contributed by atoms with Crippen LogP contribution in [0.1, 0.15) is 39.5 Å². The number of rotatable bonds is 2. The van der Waals surface area contributed by atoms with Crippen molar-refractivity contribution in [1.29, 1.82) is 0 Å². The highest BCUT2D eigenvalue weighted by atomic mass is 16.2. The lowest BCUT2D eigenvalue weighted by molar-refractivity contribution is -0.131. The van der Waals surface area contributed by atoms with Crippen LogP contribution < -0.4 is 5.32 Å². The normalized spacial score (nSPS) is 43.4. The van der Waals surface area contributed by atoms with Crippen molar-refractivity contribution in [3.05, 3.63) is 0 Å². The zero-order valence-corrected chi connectivity index (χ0v) is 8.92. The molecule has 3 unspecified atom stereocenters. The second-order valence-electron chi connectivity index (χ2n) is 5.09. The second kappa shape index (κ2) is 2.51. The van der Waals surface area contributed by atoms with Crippen LogP contribution in [-0.2, 0) is 4.79 Å². The van der Waals surface area contributed by atoms with Gasteiger partial charge in [-0.15, -0.1) is 0 Å². The van der Waals surface area contributed by atoms with E-state index < -0.39 is 0 Å². The highest BCUT2D eigenvalue weighted by Gasteiger charge is 2.61. The molecule has 3 nitrogen and oxygen atoms in total. The second-order valence-corrected chi connectivity index (χ2v) is 5.09. The lowest BCUT2D eigenvalue weighted by Gasteiger charge is -2.21. The highest BCUT2D eigenvalue weighted by Crippen LogP contribution is 2.48. The third kappa shape index (κ3) is 0.991. The van der Waals surface area contributed by atoms with Crippen LogP contribution in [0.2, 0.25) is 0 Å². The smallest absolute Gasteiger partial charge is 0.244 e. The van der Waals surface area contributed by atoms with Gasteiger partial charge in [-0.2, -0.15) is 0 Å². The number of carbonyl (C=O) groups excluding carboxylic acids is 1. The maximum Gasteiger partial charge on any atom is 0.244 e. The predicted octanol–water partition coefficient (Wildman–Crippen LogP) is 1.10. The van der Waals surface area contributed by atoms with Gasteiger partial charge in [-0.05, 0) is 32.1 Å². The van der Waals surface area contributed by atoms with Crippen LogP contribution in [0, 0.1) is 5.92 Å². The van der Waals surface area contributed by atoms with Crippen LogP contribution in [0.3, 0.4) is 0 Å². The lowest BCUT2D eigenvalue weighted by Crippen LogP contribution is -2.37. The van der Waals surface area contributed by atoms with E-state index in [9.17, 15) is 4.79 Å². The molecule has 0 aromatic carbocycles. The number of nitrogens with zero attached hydrogens (tertiary/aromatic N) is 1. The van der Waals surface area contributed by atoms with E-state index in [1.54, 1.807) is 0 Å². The first kappa shape index (κ1) is 8.72. The zero-order valence-electron chi connectivity index (χ0n) is 8.92. The van der Waals surface area contributed by atoms with Crippen molar-refractivity contribution in [1.82, 2.24) is 10.2 Å². The number of amides is 1. The van der Waals surface area contributed by atoms with Gasteiger partial charge in [0, 0.05) is 6.04 Å². The van der Waals surface area contributed by atoms with Gasteiger partial charge in [0.15, 0.2) is 0 Å². The Balaban J connectivity index is 1.77. The molecule has 3 atom stereocenters. The minimum atomic E-state index is -0.111. The summed E-state index contributed by atoms with van der Waals surface area (Å²) >= 11 is 0. The van der Waals surface area contributed by atoms with E-state index in [-0.39, 0.29) is 11.7 Å². The minimum absolute atomic E-state index is 0.111. The monoisotopic (exact) mass is 194 g/mol. The molecule has 14 heavy (non-hydrogen) atoms. The first-order valence-corrected chi connectivity index (χ1v) is 5.78. The predicted molar refractivity (Wildman–Crippen MR) is 53.6 cm³/mol. The van der Waals surface area contributed by atoms with E-state index in [1.165, 1.54) is 12.8 Å². The van der Waals surface area contributed by atoms with Crippen LogP contribution >= 0.6 is 0 Å². The van der Waals surface area contributed by atoms with Gasteiger partial charge in [-0.25, -0.2) is 0 Å². The molecule has 78 valence electrons.